The van der Waals surface area contributed by atoms with Crippen LogP contribution in [0.2, 0.25) is 0 Å². The van der Waals surface area contributed by atoms with Crippen molar-refractivity contribution in [3.63, 3.8) is 0 Å². The molecule has 108 valence electrons. The second-order valence-corrected chi connectivity index (χ2v) is 5.97. The van der Waals surface area contributed by atoms with Crippen LogP contribution < -0.4 is 0 Å². The third kappa shape index (κ3) is 2.56. The van der Waals surface area contributed by atoms with Crippen molar-refractivity contribution in [2.24, 2.45) is 5.92 Å². The quantitative estimate of drug-likeness (QED) is 0.826. The first-order chi connectivity index (χ1) is 9.50. The van der Waals surface area contributed by atoms with Gasteiger partial charge in [0.05, 0.1) is 6.54 Å². The van der Waals surface area contributed by atoms with Crippen LogP contribution in [0.1, 0.15) is 48.0 Å². The number of hydrogen-bond acceptors (Lipinski definition) is 1. The third-order valence-electron chi connectivity index (χ3n) is 4.47. The van der Waals surface area contributed by atoms with E-state index < -0.39 is 12.5 Å². The Kier molecular flexibility index (Phi) is 3.27. The highest BCUT2D eigenvalue weighted by Crippen LogP contribution is 2.49. The van der Waals surface area contributed by atoms with E-state index in [1.165, 1.54) is 16.9 Å². The minimum atomic E-state index is -2.73. The molecule has 2 aliphatic rings. The number of alkyl halides is 2. The Morgan fingerprint density at radius 3 is 2.85 bits per heavy atom. The first kappa shape index (κ1) is 13.5. The molecule has 2 atom stereocenters. The minimum absolute atomic E-state index is 0.150. The summed E-state index contributed by atoms with van der Waals surface area (Å²) in [5.41, 5.74) is 1.72. The van der Waals surface area contributed by atoms with Crippen LogP contribution in [-0.4, -0.2) is 29.8 Å². The van der Waals surface area contributed by atoms with E-state index in [2.05, 4.69) is 6.92 Å². The van der Waals surface area contributed by atoms with Crippen molar-refractivity contribution in [2.75, 3.05) is 13.1 Å². The van der Waals surface area contributed by atoms with Gasteiger partial charge in [0.1, 0.15) is 0 Å². The minimum Gasteiger partial charge on any atom is -0.332 e. The van der Waals surface area contributed by atoms with Crippen LogP contribution in [0, 0.1) is 5.92 Å². The number of hydrogen-bond donors (Lipinski definition) is 0. The summed E-state index contributed by atoms with van der Waals surface area (Å²) in [5, 5.41) is 0. The van der Waals surface area contributed by atoms with E-state index in [-0.39, 0.29) is 18.9 Å². The van der Waals surface area contributed by atoms with Gasteiger partial charge >= 0.3 is 0 Å². The predicted molar refractivity (Wildman–Crippen MR) is 73.0 cm³/mol. The number of halogens is 2. The molecule has 0 unspecified atom stereocenters. The zero-order valence-corrected chi connectivity index (χ0v) is 11.6. The SMILES string of the molecule is CC[C@H]1C[C@@H]1c1cccc(C(=O)N2CCC(F)(F)C2)c1. The Bertz CT molecular complexity index is 529. The number of carbonyl (C=O) groups is 1. The summed E-state index contributed by atoms with van der Waals surface area (Å²) in [5.74, 6) is -1.72. The lowest BCUT2D eigenvalue weighted by Crippen LogP contribution is -2.31. The number of likely N-dealkylation sites (tertiary alicyclic amines) is 1. The van der Waals surface area contributed by atoms with Gasteiger partial charge in [0.25, 0.3) is 11.8 Å². The lowest BCUT2D eigenvalue weighted by Gasteiger charge is -2.16. The molecule has 1 saturated heterocycles. The Morgan fingerprint density at radius 2 is 2.25 bits per heavy atom. The molecule has 4 heteroatoms. The van der Waals surface area contributed by atoms with Crippen molar-refractivity contribution in [1.82, 2.24) is 4.90 Å². The lowest BCUT2D eigenvalue weighted by molar-refractivity contribution is 0.0120. The number of rotatable bonds is 3. The molecule has 1 heterocycles. The monoisotopic (exact) mass is 279 g/mol. The summed E-state index contributed by atoms with van der Waals surface area (Å²) >= 11 is 0. The second-order valence-electron chi connectivity index (χ2n) is 5.97. The molecule has 0 aromatic heterocycles. The molecule has 2 fully saturated rings. The normalized spacial score (nSPS) is 27.6. The molecular formula is C16H19F2NO. The molecule has 1 amide bonds. The second kappa shape index (κ2) is 4.83. The first-order valence-electron chi connectivity index (χ1n) is 7.27. The average molecular weight is 279 g/mol. The zero-order chi connectivity index (χ0) is 14.3. The maximum absolute atomic E-state index is 13.2. The lowest BCUT2D eigenvalue weighted by atomic mass is 10.0. The number of benzene rings is 1. The molecule has 1 saturated carbocycles. The maximum Gasteiger partial charge on any atom is 0.267 e. The van der Waals surface area contributed by atoms with Gasteiger partial charge in [-0.2, -0.15) is 0 Å². The highest BCUT2D eigenvalue weighted by Gasteiger charge is 2.41. The van der Waals surface area contributed by atoms with E-state index in [0.717, 1.165) is 12.3 Å². The standard InChI is InChI=1S/C16H19F2NO/c1-2-11-9-14(11)12-4-3-5-13(8-12)15(20)19-7-6-16(17,18)10-19/h3-5,8,11,14H,2,6-7,9-10H2,1H3/t11-,14-/m0/s1. The van der Waals surface area contributed by atoms with Gasteiger partial charge in [-0.05, 0) is 36.0 Å². The molecule has 1 aliphatic heterocycles. The summed E-state index contributed by atoms with van der Waals surface area (Å²) < 4.78 is 26.4. The molecule has 1 aromatic carbocycles. The molecule has 0 spiro atoms. The summed E-state index contributed by atoms with van der Waals surface area (Å²) in [7, 11) is 0. The largest absolute Gasteiger partial charge is 0.332 e. The molecule has 0 bridgehead atoms. The van der Waals surface area contributed by atoms with E-state index in [1.54, 1.807) is 6.07 Å². The van der Waals surface area contributed by atoms with E-state index in [4.69, 9.17) is 0 Å². The average Bonchev–Trinajstić information content (AvgIpc) is 3.15. The van der Waals surface area contributed by atoms with E-state index in [1.807, 2.05) is 18.2 Å². The van der Waals surface area contributed by atoms with Crippen molar-refractivity contribution in [1.29, 1.82) is 0 Å². The van der Waals surface area contributed by atoms with Gasteiger partial charge < -0.3 is 4.90 Å². The van der Waals surface area contributed by atoms with Gasteiger partial charge in [-0.3, -0.25) is 4.79 Å². The smallest absolute Gasteiger partial charge is 0.267 e. The summed E-state index contributed by atoms with van der Waals surface area (Å²) in [6, 6.07) is 7.52. The van der Waals surface area contributed by atoms with Crippen LogP contribution >= 0.6 is 0 Å². The third-order valence-corrected chi connectivity index (χ3v) is 4.47. The van der Waals surface area contributed by atoms with Crippen LogP contribution in [0.15, 0.2) is 24.3 Å². The van der Waals surface area contributed by atoms with Crippen LogP contribution in [0.25, 0.3) is 0 Å². The molecule has 0 N–H and O–H groups in total. The van der Waals surface area contributed by atoms with Gasteiger partial charge in [0, 0.05) is 18.5 Å². The van der Waals surface area contributed by atoms with Crippen molar-refractivity contribution in [3.8, 4) is 0 Å². The molecule has 2 nitrogen and oxygen atoms in total. The van der Waals surface area contributed by atoms with Gasteiger partial charge in [-0.25, -0.2) is 8.78 Å². The van der Waals surface area contributed by atoms with E-state index in [0.29, 0.717) is 11.5 Å². The first-order valence-corrected chi connectivity index (χ1v) is 7.27. The van der Waals surface area contributed by atoms with Gasteiger partial charge in [0.15, 0.2) is 0 Å². The molecule has 1 aliphatic carbocycles. The number of amides is 1. The molecule has 1 aromatic rings. The Morgan fingerprint density at radius 1 is 1.45 bits per heavy atom. The summed E-state index contributed by atoms with van der Waals surface area (Å²) in [4.78, 5) is 13.5. The number of carbonyl (C=O) groups excluding carboxylic acids is 1. The molecule has 0 radical (unpaired) electrons. The topological polar surface area (TPSA) is 20.3 Å². The van der Waals surface area contributed by atoms with E-state index in [9.17, 15) is 13.6 Å². The van der Waals surface area contributed by atoms with Crippen LogP contribution in [0.3, 0.4) is 0 Å². The van der Waals surface area contributed by atoms with Crippen molar-refractivity contribution < 1.29 is 13.6 Å². The summed E-state index contributed by atoms with van der Waals surface area (Å²) in [6.07, 6.45) is 2.11. The molecular weight excluding hydrogens is 260 g/mol. The zero-order valence-electron chi connectivity index (χ0n) is 11.6. The Hall–Kier alpha value is -1.45. The van der Waals surface area contributed by atoms with Gasteiger partial charge in [-0.1, -0.05) is 25.5 Å². The fraction of sp³-hybridized carbons (Fsp3) is 0.562. The van der Waals surface area contributed by atoms with Crippen LogP contribution in [0.4, 0.5) is 8.78 Å². The fourth-order valence-electron chi connectivity index (χ4n) is 3.10. The molecule has 20 heavy (non-hydrogen) atoms. The van der Waals surface area contributed by atoms with Gasteiger partial charge in [-0.15, -0.1) is 0 Å². The van der Waals surface area contributed by atoms with Crippen LogP contribution in [0.5, 0.6) is 0 Å². The summed E-state index contributed by atoms with van der Waals surface area (Å²) in [6.45, 7) is 1.88. The molecule has 3 rings (SSSR count). The fourth-order valence-corrected chi connectivity index (χ4v) is 3.10. The van der Waals surface area contributed by atoms with Crippen molar-refractivity contribution in [2.45, 2.75) is 38.0 Å². The Labute approximate surface area is 117 Å². The van der Waals surface area contributed by atoms with Crippen molar-refractivity contribution in [3.05, 3.63) is 35.4 Å². The van der Waals surface area contributed by atoms with Crippen molar-refractivity contribution >= 4 is 5.91 Å². The van der Waals surface area contributed by atoms with Gasteiger partial charge in [0.2, 0.25) is 0 Å². The Balaban J connectivity index is 1.74. The van der Waals surface area contributed by atoms with Crippen LogP contribution in [-0.2, 0) is 0 Å². The highest BCUT2D eigenvalue weighted by molar-refractivity contribution is 5.94. The number of nitrogens with zero attached hydrogens (tertiary/aromatic N) is 1. The maximum atomic E-state index is 13.2. The van der Waals surface area contributed by atoms with E-state index >= 15 is 0 Å². The highest BCUT2D eigenvalue weighted by atomic mass is 19.3. The predicted octanol–water partition coefficient (Wildman–Crippen LogP) is 3.68.